The number of rotatable bonds is 3. The van der Waals surface area contributed by atoms with Crippen molar-refractivity contribution in [3.63, 3.8) is 0 Å². The zero-order valence-corrected chi connectivity index (χ0v) is 11.0. The van der Waals surface area contributed by atoms with E-state index in [1.165, 1.54) is 0 Å². The summed E-state index contributed by atoms with van der Waals surface area (Å²) in [5.41, 5.74) is 0. The van der Waals surface area contributed by atoms with Crippen LogP contribution in [-0.2, 0) is 9.84 Å². The first-order valence-electron chi connectivity index (χ1n) is 5.78. The number of nitrogens with zero attached hydrogens (tertiary/aromatic N) is 1. The predicted molar refractivity (Wildman–Crippen MR) is 63.7 cm³/mol. The van der Waals surface area contributed by atoms with Crippen molar-refractivity contribution in [2.75, 3.05) is 18.8 Å². The summed E-state index contributed by atoms with van der Waals surface area (Å²) in [7, 11) is -2.83. The Morgan fingerprint density at radius 2 is 1.87 bits per heavy atom. The van der Waals surface area contributed by atoms with Crippen molar-refractivity contribution in [2.45, 2.75) is 45.4 Å². The second-order valence-corrected chi connectivity index (χ2v) is 7.61. The van der Waals surface area contributed by atoms with E-state index in [-0.39, 0.29) is 5.25 Å². The summed E-state index contributed by atoms with van der Waals surface area (Å²) < 4.78 is 23.7. The second kappa shape index (κ2) is 4.83. The maximum absolute atomic E-state index is 11.9. The van der Waals surface area contributed by atoms with Crippen molar-refractivity contribution in [1.82, 2.24) is 4.90 Å². The Balaban J connectivity index is 2.71. The van der Waals surface area contributed by atoms with E-state index in [0.717, 1.165) is 13.0 Å². The van der Waals surface area contributed by atoms with Gasteiger partial charge < -0.3 is 0 Å². The molecule has 1 aliphatic rings. The molecule has 1 unspecified atom stereocenters. The highest BCUT2D eigenvalue weighted by molar-refractivity contribution is 7.92. The molecule has 4 heteroatoms. The Hall–Kier alpha value is -0.0900. The lowest BCUT2D eigenvalue weighted by Crippen LogP contribution is -2.49. The summed E-state index contributed by atoms with van der Waals surface area (Å²) in [5, 5.41) is -0.145. The van der Waals surface area contributed by atoms with Crippen molar-refractivity contribution >= 4 is 9.84 Å². The predicted octanol–water partition coefficient (Wildman–Crippen LogP) is 1.54. The van der Waals surface area contributed by atoms with Crippen LogP contribution in [0.25, 0.3) is 0 Å². The quantitative estimate of drug-likeness (QED) is 0.742. The van der Waals surface area contributed by atoms with Gasteiger partial charge in [-0.05, 0) is 26.2 Å². The van der Waals surface area contributed by atoms with Crippen molar-refractivity contribution in [1.29, 1.82) is 0 Å². The van der Waals surface area contributed by atoms with Crippen LogP contribution in [-0.4, -0.2) is 43.5 Å². The van der Waals surface area contributed by atoms with E-state index in [4.69, 9.17) is 0 Å². The smallest absolute Gasteiger partial charge is 0.155 e. The Morgan fingerprint density at radius 1 is 1.27 bits per heavy atom. The van der Waals surface area contributed by atoms with Gasteiger partial charge in [0.1, 0.15) is 0 Å². The highest BCUT2D eigenvalue weighted by atomic mass is 32.2. The Morgan fingerprint density at radius 3 is 2.33 bits per heavy atom. The van der Waals surface area contributed by atoms with E-state index in [9.17, 15) is 8.42 Å². The van der Waals surface area contributed by atoms with Gasteiger partial charge in [-0.2, -0.15) is 0 Å². The fourth-order valence-corrected chi connectivity index (χ4v) is 4.01. The molecule has 0 N–H and O–H groups in total. The first kappa shape index (κ1) is 13.0. The summed E-state index contributed by atoms with van der Waals surface area (Å²) in [6, 6.07) is 0.454. The molecule has 0 spiro atoms. The molecule has 0 aliphatic carbocycles. The topological polar surface area (TPSA) is 37.4 Å². The third-order valence-corrected chi connectivity index (χ3v) is 5.18. The van der Waals surface area contributed by atoms with Gasteiger partial charge >= 0.3 is 0 Å². The molecule has 1 fully saturated rings. The molecule has 0 saturated carbocycles. The second-order valence-electron chi connectivity index (χ2n) is 5.21. The van der Waals surface area contributed by atoms with Gasteiger partial charge in [-0.25, -0.2) is 8.42 Å². The summed E-state index contributed by atoms with van der Waals surface area (Å²) in [6.45, 7) is 9.86. The van der Waals surface area contributed by atoms with E-state index in [2.05, 4.69) is 32.6 Å². The van der Waals surface area contributed by atoms with Gasteiger partial charge in [0.05, 0.1) is 11.0 Å². The average Bonchev–Trinajstić information content (AvgIpc) is 2.07. The number of sulfone groups is 1. The third kappa shape index (κ3) is 3.45. The fraction of sp³-hybridized carbons (Fsp3) is 1.00. The van der Waals surface area contributed by atoms with Gasteiger partial charge in [0.2, 0.25) is 0 Å². The van der Waals surface area contributed by atoms with Crippen molar-refractivity contribution in [3.05, 3.63) is 0 Å². The van der Waals surface area contributed by atoms with E-state index in [1.54, 1.807) is 0 Å². The van der Waals surface area contributed by atoms with Crippen LogP contribution in [0.15, 0.2) is 0 Å². The SMILES string of the molecule is CC(C)CC1CN(C(C)C)CCS1(=O)=O. The van der Waals surface area contributed by atoms with Gasteiger partial charge in [-0.15, -0.1) is 0 Å². The first-order chi connectivity index (χ1) is 6.83. The van der Waals surface area contributed by atoms with Crippen LogP contribution in [0.2, 0.25) is 0 Å². The van der Waals surface area contributed by atoms with E-state index in [0.29, 0.717) is 24.3 Å². The lowest BCUT2D eigenvalue weighted by Gasteiger charge is -2.35. The normalized spacial score (nSPS) is 27.5. The molecule has 90 valence electrons. The average molecular weight is 233 g/mol. The number of hydrogen-bond acceptors (Lipinski definition) is 3. The van der Waals surface area contributed by atoms with Crippen LogP contribution in [0.1, 0.15) is 34.1 Å². The molecule has 0 aromatic carbocycles. The third-order valence-electron chi connectivity index (χ3n) is 3.07. The van der Waals surface area contributed by atoms with Gasteiger partial charge in [-0.1, -0.05) is 13.8 Å². The minimum Gasteiger partial charge on any atom is -0.299 e. The molecule has 15 heavy (non-hydrogen) atoms. The maximum Gasteiger partial charge on any atom is 0.155 e. The molecule has 0 aromatic rings. The first-order valence-corrected chi connectivity index (χ1v) is 7.50. The molecule has 0 aromatic heterocycles. The standard InChI is InChI=1S/C11H23NO2S/c1-9(2)7-11-8-12(10(3)4)5-6-15(11,13)14/h9-11H,5-8H2,1-4H3. The largest absolute Gasteiger partial charge is 0.299 e. The fourth-order valence-electron chi connectivity index (χ4n) is 2.09. The lowest BCUT2D eigenvalue weighted by molar-refractivity contribution is 0.217. The zero-order valence-electron chi connectivity index (χ0n) is 10.2. The van der Waals surface area contributed by atoms with E-state index >= 15 is 0 Å². The molecule has 0 bridgehead atoms. The molecular weight excluding hydrogens is 210 g/mol. The molecule has 1 aliphatic heterocycles. The molecule has 3 nitrogen and oxygen atoms in total. The van der Waals surface area contributed by atoms with Crippen LogP contribution in [0, 0.1) is 5.92 Å². The van der Waals surface area contributed by atoms with Crippen LogP contribution >= 0.6 is 0 Å². The van der Waals surface area contributed by atoms with Crippen molar-refractivity contribution < 1.29 is 8.42 Å². The van der Waals surface area contributed by atoms with Gasteiger partial charge in [-0.3, -0.25) is 4.90 Å². The number of hydrogen-bond donors (Lipinski definition) is 0. The molecule has 1 rings (SSSR count). The van der Waals surface area contributed by atoms with Crippen LogP contribution in [0.3, 0.4) is 0 Å². The Bertz CT molecular complexity index is 296. The molecule has 1 atom stereocenters. The van der Waals surface area contributed by atoms with Crippen LogP contribution in [0.4, 0.5) is 0 Å². The van der Waals surface area contributed by atoms with E-state index < -0.39 is 9.84 Å². The van der Waals surface area contributed by atoms with Crippen molar-refractivity contribution in [3.8, 4) is 0 Å². The molecule has 1 saturated heterocycles. The summed E-state index contributed by atoms with van der Waals surface area (Å²) in [6.07, 6.45) is 0.797. The summed E-state index contributed by atoms with van der Waals surface area (Å²) >= 11 is 0. The lowest BCUT2D eigenvalue weighted by atomic mass is 10.1. The molecule has 0 radical (unpaired) electrons. The summed E-state index contributed by atoms with van der Waals surface area (Å²) in [5.74, 6) is 0.791. The molecular formula is C11H23NO2S. The maximum atomic E-state index is 11.9. The van der Waals surface area contributed by atoms with Crippen molar-refractivity contribution in [2.24, 2.45) is 5.92 Å². The Labute approximate surface area is 93.8 Å². The van der Waals surface area contributed by atoms with Crippen LogP contribution < -0.4 is 0 Å². The highest BCUT2D eigenvalue weighted by Crippen LogP contribution is 2.20. The van der Waals surface area contributed by atoms with E-state index in [1.807, 2.05) is 0 Å². The zero-order chi connectivity index (χ0) is 11.6. The summed E-state index contributed by atoms with van der Waals surface area (Å²) in [4.78, 5) is 2.27. The van der Waals surface area contributed by atoms with Gasteiger partial charge in [0, 0.05) is 19.1 Å². The monoisotopic (exact) mass is 233 g/mol. The van der Waals surface area contributed by atoms with Crippen LogP contribution in [0.5, 0.6) is 0 Å². The Kier molecular flexibility index (Phi) is 4.18. The molecule has 1 heterocycles. The highest BCUT2D eigenvalue weighted by Gasteiger charge is 2.33. The minimum absolute atomic E-state index is 0.145. The molecule has 0 amide bonds. The van der Waals surface area contributed by atoms with Gasteiger partial charge in [0.25, 0.3) is 0 Å². The minimum atomic E-state index is -2.83. The van der Waals surface area contributed by atoms with Gasteiger partial charge in [0.15, 0.2) is 9.84 Å².